The number of rotatable bonds is 6. The largest absolute Gasteiger partial charge is 0.341 e. The first-order valence-electron chi connectivity index (χ1n) is 5.86. The Balaban J connectivity index is 2.45. The lowest BCUT2D eigenvalue weighted by atomic mass is 10.3. The monoisotopic (exact) mass is 262 g/mol. The molecule has 1 rings (SSSR count). The first-order valence-corrected chi connectivity index (χ1v) is 5.86. The third-order valence-electron chi connectivity index (χ3n) is 2.23. The SMILES string of the molecule is C=CCNCC(=O)Nc1ccc(NC(=O)NC)cc1. The maximum absolute atomic E-state index is 11.5. The van der Waals surface area contributed by atoms with E-state index in [2.05, 4.69) is 27.8 Å². The summed E-state index contributed by atoms with van der Waals surface area (Å²) in [7, 11) is 1.54. The summed E-state index contributed by atoms with van der Waals surface area (Å²) in [6.07, 6.45) is 1.69. The lowest BCUT2D eigenvalue weighted by Gasteiger charge is -2.07. The van der Waals surface area contributed by atoms with E-state index in [1.54, 1.807) is 37.4 Å². The molecule has 102 valence electrons. The van der Waals surface area contributed by atoms with Crippen molar-refractivity contribution in [2.75, 3.05) is 30.8 Å². The van der Waals surface area contributed by atoms with Crippen LogP contribution in [-0.4, -0.2) is 32.1 Å². The van der Waals surface area contributed by atoms with Gasteiger partial charge in [-0.1, -0.05) is 6.08 Å². The Morgan fingerprint density at radius 3 is 2.26 bits per heavy atom. The number of anilines is 2. The Morgan fingerprint density at radius 1 is 1.16 bits per heavy atom. The Morgan fingerprint density at radius 2 is 1.74 bits per heavy atom. The predicted octanol–water partition coefficient (Wildman–Crippen LogP) is 1.15. The number of nitrogens with one attached hydrogen (secondary N) is 4. The molecule has 0 saturated carbocycles. The number of hydrogen-bond donors (Lipinski definition) is 4. The third-order valence-corrected chi connectivity index (χ3v) is 2.23. The van der Waals surface area contributed by atoms with E-state index in [0.29, 0.717) is 17.9 Å². The molecule has 0 heterocycles. The molecule has 1 aromatic rings. The van der Waals surface area contributed by atoms with Crippen molar-refractivity contribution >= 4 is 23.3 Å². The van der Waals surface area contributed by atoms with Crippen LogP contribution in [0.4, 0.5) is 16.2 Å². The minimum Gasteiger partial charge on any atom is -0.341 e. The van der Waals surface area contributed by atoms with Crippen LogP contribution in [0.2, 0.25) is 0 Å². The number of carbonyl (C=O) groups is 2. The second kappa shape index (κ2) is 7.88. The average molecular weight is 262 g/mol. The summed E-state index contributed by atoms with van der Waals surface area (Å²) < 4.78 is 0. The fourth-order valence-corrected chi connectivity index (χ4v) is 1.32. The zero-order valence-electron chi connectivity index (χ0n) is 10.8. The highest BCUT2D eigenvalue weighted by molar-refractivity contribution is 5.93. The second-order valence-corrected chi connectivity index (χ2v) is 3.75. The minimum absolute atomic E-state index is 0.131. The molecule has 0 unspecified atom stereocenters. The molecular weight excluding hydrogens is 244 g/mol. The van der Waals surface area contributed by atoms with Gasteiger partial charge in [0.05, 0.1) is 6.54 Å². The van der Waals surface area contributed by atoms with E-state index >= 15 is 0 Å². The number of hydrogen-bond acceptors (Lipinski definition) is 3. The molecule has 0 aliphatic carbocycles. The molecule has 0 fully saturated rings. The quantitative estimate of drug-likeness (QED) is 0.458. The fourth-order valence-electron chi connectivity index (χ4n) is 1.32. The smallest absolute Gasteiger partial charge is 0.318 e. The molecule has 0 radical (unpaired) electrons. The van der Waals surface area contributed by atoms with Gasteiger partial charge in [-0.3, -0.25) is 4.79 Å². The van der Waals surface area contributed by atoms with E-state index in [9.17, 15) is 9.59 Å². The van der Waals surface area contributed by atoms with E-state index in [1.807, 2.05) is 0 Å². The highest BCUT2D eigenvalue weighted by Crippen LogP contribution is 2.13. The Kier molecular flexibility index (Phi) is 6.11. The van der Waals surface area contributed by atoms with E-state index in [4.69, 9.17) is 0 Å². The van der Waals surface area contributed by atoms with Gasteiger partial charge >= 0.3 is 6.03 Å². The lowest BCUT2D eigenvalue weighted by Crippen LogP contribution is -2.28. The highest BCUT2D eigenvalue weighted by Gasteiger charge is 2.02. The van der Waals surface area contributed by atoms with Crippen LogP contribution in [0, 0.1) is 0 Å². The molecule has 3 amide bonds. The van der Waals surface area contributed by atoms with Gasteiger partial charge in [-0.2, -0.15) is 0 Å². The van der Waals surface area contributed by atoms with Crippen LogP contribution in [0.3, 0.4) is 0 Å². The molecule has 0 aliphatic rings. The fraction of sp³-hybridized carbons (Fsp3) is 0.231. The summed E-state index contributed by atoms with van der Waals surface area (Å²) in [6.45, 7) is 4.36. The van der Waals surface area contributed by atoms with Crippen LogP contribution >= 0.6 is 0 Å². The van der Waals surface area contributed by atoms with Gasteiger partial charge in [0.1, 0.15) is 0 Å². The zero-order valence-corrected chi connectivity index (χ0v) is 10.8. The van der Waals surface area contributed by atoms with Crippen molar-refractivity contribution in [3.8, 4) is 0 Å². The van der Waals surface area contributed by atoms with Crippen molar-refractivity contribution in [3.05, 3.63) is 36.9 Å². The number of carbonyl (C=O) groups excluding carboxylic acids is 2. The van der Waals surface area contributed by atoms with Crippen molar-refractivity contribution in [2.45, 2.75) is 0 Å². The van der Waals surface area contributed by atoms with Crippen LogP contribution in [0.15, 0.2) is 36.9 Å². The topological polar surface area (TPSA) is 82.3 Å². The standard InChI is InChI=1S/C13H18N4O2/c1-3-8-15-9-12(18)16-10-4-6-11(7-5-10)17-13(19)14-2/h3-7,15H,1,8-9H2,2H3,(H,16,18)(H2,14,17,19). The zero-order chi connectivity index (χ0) is 14.1. The van der Waals surface area contributed by atoms with E-state index in [0.717, 1.165) is 0 Å². The normalized spacial score (nSPS) is 9.53. The number of benzene rings is 1. The molecular formula is C13H18N4O2. The molecule has 6 nitrogen and oxygen atoms in total. The van der Waals surface area contributed by atoms with Gasteiger partial charge in [0, 0.05) is 25.0 Å². The summed E-state index contributed by atoms with van der Waals surface area (Å²) in [5.74, 6) is -0.131. The minimum atomic E-state index is -0.287. The second-order valence-electron chi connectivity index (χ2n) is 3.75. The van der Waals surface area contributed by atoms with E-state index in [-0.39, 0.29) is 18.5 Å². The summed E-state index contributed by atoms with van der Waals surface area (Å²) in [5, 5.41) is 10.7. The van der Waals surface area contributed by atoms with Crippen LogP contribution in [0.5, 0.6) is 0 Å². The van der Waals surface area contributed by atoms with Gasteiger partial charge in [-0.05, 0) is 24.3 Å². The van der Waals surface area contributed by atoms with Crippen molar-refractivity contribution in [2.24, 2.45) is 0 Å². The molecule has 1 aromatic carbocycles. The summed E-state index contributed by atoms with van der Waals surface area (Å²) in [6, 6.07) is 6.57. The molecule has 0 bridgehead atoms. The van der Waals surface area contributed by atoms with Crippen molar-refractivity contribution in [3.63, 3.8) is 0 Å². The van der Waals surface area contributed by atoms with Crippen molar-refractivity contribution in [1.82, 2.24) is 10.6 Å². The van der Waals surface area contributed by atoms with Gasteiger partial charge in [-0.25, -0.2) is 4.79 Å². The van der Waals surface area contributed by atoms with Crippen LogP contribution < -0.4 is 21.3 Å². The summed E-state index contributed by atoms with van der Waals surface area (Å²) in [5.41, 5.74) is 1.33. The van der Waals surface area contributed by atoms with E-state index in [1.165, 1.54) is 0 Å². The number of urea groups is 1. The highest BCUT2D eigenvalue weighted by atomic mass is 16.2. The van der Waals surface area contributed by atoms with Gasteiger partial charge < -0.3 is 21.3 Å². The maximum atomic E-state index is 11.5. The average Bonchev–Trinajstić information content (AvgIpc) is 2.41. The first kappa shape index (κ1) is 14.7. The molecule has 0 aliphatic heterocycles. The molecule has 0 aromatic heterocycles. The molecule has 0 spiro atoms. The van der Waals surface area contributed by atoms with Gasteiger partial charge in [0.25, 0.3) is 0 Å². The molecule has 6 heteroatoms. The van der Waals surface area contributed by atoms with Crippen LogP contribution in [0.25, 0.3) is 0 Å². The van der Waals surface area contributed by atoms with Crippen LogP contribution in [-0.2, 0) is 4.79 Å². The Bertz CT molecular complexity index is 442. The summed E-state index contributed by atoms with van der Waals surface area (Å²) in [4.78, 5) is 22.6. The molecule has 4 N–H and O–H groups in total. The number of amides is 3. The van der Waals surface area contributed by atoms with Crippen molar-refractivity contribution in [1.29, 1.82) is 0 Å². The molecule has 0 atom stereocenters. The predicted molar refractivity (Wildman–Crippen MR) is 76.2 cm³/mol. The summed E-state index contributed by atoms with van der Waals surface area (Å²) >= 11 is 0. The van der Waals surface area contributed by atoms with Crippen LogP contribution in [0.1, 0.15) is 0 Å². The van der Waals surface area contributed by atoms with E-state index < -0.39 is 0 Å². The Hall–Kier alpha value is -2.34. The third kappa shape index (κ3) is 5.69. The van der Waals surface area contributed by atoms with Crippen molar-refractivity contribution < 1.29 is 9.59 Å². The van der Waals surface area contributed by atoms with Gasteiger partial charge in [0.2, 0.25) is 5.91 Å². The first-order chi connectivity index (χ1) is 9.15. The Labute approximate surface area is 112 Å². The maximum Gasteiger partial charge on any atom is 0.318 e. The molecule has 0 saturated heterocycles. The van der Waals surface area contributed by atoms with Gasteiger partial charge in [-0.15, -0.1) is 6.58 Å². The lowest BCUT2D eigenvalue weighted by molar-refractivity contribution is -0.115. The molecule has 19 heavy (non-hydrogen) atoms. The van der Waals surface area contributed by atoms with Gasteiger partial charge in [0.15, 0.2) is 0 Å².